The maximum atomic E-state index is 11.3. The van der Waals surface area contributed by atoms with Crippen LogP contribution in [0.25, 0.3) is 6.08 Å². The van der Waals surface area contributed by atoms with Crippen molar-refractivity contribution in [2.24, 2.45) is 0 Å². The molecule has 2 heteroatoms. The Bertz CT molecular complexity index is 641. The van der Waals surface area contributed by atoms with E-state index in [0.29, 0.717) is 0 Å². The van der Waals surface area contributed by atoms with Crippen molar-refractivity contribution in [1.29, 1.82) is 0 Å². The number of ketones is 1. The second kappa shape index (κ2) is 4.73. The average Bonchev–Trinajstić information content (AvgIpc) is 2.47. The first kappa shape index (κ1) is 11.7. The third-order valence-corrected chi connectivity index (χ3v) is 3.40. The lowest BCUT2D eigenvalue weighted by Crippen LogP contribution is -2.20. The fraction of sp³-hybridized carbons (Fsp3) is 0.118. The number of hydrogen-bond acceptors (Lipinski definition) is 2. The summed E-state index contributed by atoms with van der Waals surface area (Å²) < 4.78 is 0. The Kier molecular flexibility index (Phi) is 2.92. The smallest absolute Gasteiger partial charge is 0.159 e. The van der Waals surface area contributed by atoms with Gasteiger partial charge in [0, 0.05) is 23.5 Å². The number of anilines is 2. The molecule has 2 aromatic carbocycles. The van der Waals surface area contributed by atoms with E-state index in [1.165, 1.54) is 11.3 Å². The van der Waals surface area contributed by atoms with Gasteiger partial charge in [0.25, 0.3) is 0 Å². The molecule has 0 amide bonds. The molecule has 19 heavy (non-hydrogen) atoms. The Morgan fingerprint density at radius 1 is 1.05 bits per heavy atom. The third-order valence-electron chi connectivity index (χ3n) is 3.40. The molecule has 2 nitrogen and oxygen atoms in total. The summed E-state index contributed by atoms with van der Waals surface area (Å²) in [5.41, 5.74) is 4.30. The molecule has 1 aliphatic heterocycles. The first-order chi connectivity index (χ1) is 9.25. The van der Waals surface area contributed by atoms with Crippen LogP contribution in [0, 0.1) is 0 Å². The van der Waals surface area contributed by atoms with E-state index in [9.17, 15) is 4.79 Å². The highest BCUT2D eigenvalue weighted by atomic mass is 16.1. The number of benzene rings is 2. The summed E-state index contributed by atoms with van der Waals surface area (Å²) >= 11 is 0. The van der Waals surface area contributed by atoms with Crippen molar-refractivity contribution in [2.75, 3.05) is 11.4 Å². The molecular weight excluding hydrogens is 234 g/mol. The van der Waals surface area contributed by atoms with Crippen molar-refractivity contribution >= 4 is 23.2 Å². The van der Waals surface area contributed by atoms with Gasteiger partial charge in [-0.15, -0.1) is 0 Å². The van der Waals surface area contributed by atoms with Crippen LogP contribution in [0.15, 0.2) is 54.6 Å². The highest BCUT2D eigenvalue weighted by Crippen LogP contribution is 2.32. The predicted octanol–water partition coefficient (Wildman–Crippen LogP) is 4.05. The van der Waals surface area contributed by atoms with Gasteiger partial charge in [-0.3, -0.25) is 4.79 Å². The van der Waals surface area contributed by atoms with Crippen LogP contribution in [0.3, 0.4) is 0 Å². The van der Waals surface area contributed by atoms with Gasteiger partial charge >= 0.3 is 0 Å². The van der Waals surface area contributed by atoms with E-state index in [0.717, 1.165) is 17.8 Å². The Morgan fingerprint density at radius 2 is 1.79 bits per heavy atom. The number of nitrogens with zero attached hydrogens (tertiary/aromatic N) is 1. The minimum atomic E-state index is 0.102. The van der Waals surface area contributed by atoms with Gasteiger partial charge in [0.1, 0.15) is 0 Å². The number of Topliss-reactive ketones (excluding diaryl/α,β-unsaturated/α-hetero) is 1. The fourth-order valence-corrected chi connectivity index (χ4v) is 2.38. The molecule has 0 saturated heterocycles. The van der Waals surface area contributed by atoms with Gasteiger partial charge in [-0.05, 0) is 42.8 Å². The van der Waals surface area contributed by atoms with Gasteiger partial charge in [-0.2, -0.15) is 0 Å². The van der Waals surface area contributed by atoms with Crippen LogP contribution >= 0.6 is 0 Å². The molecule has 1 heterocycles. The molecule has 0 N–H and O–H groups in total. The van der Waals surface area contributed by atoms with E-state index in [1.807, 2.05) is 30.3 Å². The zero-order valence-corrected chi connectivity index (χ0v) is 10.8. The van der Waals surface area contributed by atoms with Crippen molar-refractivity contribution in [1.82, 2.24) is 0 Å². The standard InChI is InChI=1S/C17H15NO/c1-13(19)14-8-10-16(11-9-14)18-12-4-6-15-5-2-3-7-17(15)18/h2-11H,12H2,1H3. The maximum absolute atomic E-state index is 11.3. The highest BCUT2D eigenvalue weighted by Gasteiger charge is 2.14. The summed E-state index contributed by atoms with van der Waals surface area (Å²) in [4.78, 5) is 13.6. The Balaban J connectivity index is 1.99. The molecular formula is C17H15NO. The quantitative estimate of drug-likeness (QED) is 0.748. The molecule has 2 aromatic rings. The average molecular weight is 249 g/mol. The molecule has 0 bridgehead atoms. The van der Waals surface area contributed by atoms with E-state index in [2.05, 4.69) is 35.3 Å². The molecule has 0 saturated carbocycles. The largest absolute Gasteiger partial charge is 0.337 e. The number of carbonyl (C=O) groups is 1. The normalized spacial score (nSPS) is 13.2. The number of fused-ring (bicyclic) bond motifs is 1. The van der Waals surface area contributed by atoms with E-state index in [-0.39, 0.29) is 5.78 Å². The van der Waals surface area contributed by atoms with E-state index < -0.39 is 0 Å². The van der Waals surface area contributed by atoms with Crippen molar-refractivity contribution in [2.45, 2.75) is 6.92 Å². The molecule has 0 unspecified atom stereocenters. The zero-order chi connectivity index (χ0) is 13.2. The van der Waals surface area contributed by atoms with Gasteiger partial charge in [0.05, 0.1) is 0 Å². The molecule has 1 aliphatic rings. The van der Waals surface area contributed by atoms with E-state index in [4.69, 9.17) is 0 Å². The van der Waals surface area contributed by atoms with Crippen molar-refractivity contribution in [3.05, 3.63) is 65.7 Å². The maximum Gasteiger partial charge on any atom is 0.159 e. The molecule has 0 aliphatic carbocycles. The van der Waals surface area contributed by atoms with Crippen LogP contribution in [-0.2, 0) is 0 Å². The second-order valence-electron chi connectivity index (χ2n) is 4.67. The van der Waals surface area contributed by atoms with Crippen molar-refractivity contribution < 1.29 is 4.79 Å². The molecule has 0 aromatic heterocycles. The summed E-state index contributed by atoms with van der Waals surface area (Å²) in [5.74, 6) is 0.102. The molecule has 3 rings (SSSR count). The highest BCUT2D eigenvalue weighted by molar-refractivity contribution is 5.94. The van der Waals surface area contributed by atoms with E-state index in [1.54, 1.807) is 6.92 Å². The van der Waals surface area contributed by atoms with Gasteiger partial charge in [-0.1, -0.05) is 30.4 Å². The first-order valence-electron chi connectivity index (χ1n) is 6.40. The van der Waals surface area contributed by atoms with Gasteiger partial charge in [0.2, 0.25) is 0 Å². The van der Waals surface area contributed by atoms with Crippen molar-refractivity contribution in [3.63, 3.8) is 0 Å². The summed E-state index contributed by atoms with van der Waals surface area (Å²) in [6.07, 6.45) is 4.30. The van der Waals surface area contributed by atoms with Crippen molar-refractivity contribution in [3.8, 4) is 0 Å². The predicted molar refractivity (Wildman–Crippen MR) is 78.9 cm³/mol. The molecule has 0 radical (unpaired) electrons. The second-order valence-corrected chi connectivity index (χ2v) is 4.67. The number of hydrogen-bond donors (Lipinski definition) is 0. The molecule has 0 atom stereocenters. The SMILES string of the molecule is CC(=O)c1ccc(N2CC=Cc3ccccc32)cc1. The molecule has 0 fully saturated rings. The van der Waals surface area contributed by atoms with Crippen LogP contribution < -0.4 is 4.90 Å². The van der Waals surface area contributed by atoms with Crippen LogP contribution in [-0.4, -0.2) is 12.3 Å². The summed E-state index contributed by atoms with van der Waals surface area (Å²) in [6, 6.07) is 16.1. The summed E-state index contributed by atoms with van der Waals surface area (Å²) in [7, 11) is 0. The summed E-state index contributed by atoms with van der Waals surface area (Å²) in [6.45, 7) is 2.45. The number of carbonyl (C=O) groups excluding carboxylic acids is 1. The Hall–Kier alpha value is -2.35. The zero-order valence-electron chi connectivity index (χ0n) is 10.8. The van der Waals surface area contributed by atoms with E-state index >= 15 is 0 Å². The van der Waals surface area contributed by atoms with Gasteiger partial charge in [-0.25, -0.2) is 0 Å². The van der Waals surface area contributed by atoms with Gasteiger partial charge < -0.3 is 4.90 Å². The number of rotatable bonds is 2. The fourth-order valence-electron chi connectivity index (χ4n) is 2.38. The summed E-state index contributed by atoms with van der Waals surface area (Å²) in [5, 5.41) is 0. The molecule has 94 valence electrons. The van der Waals surface area contributed by atoms with Crippen LogP contribution in [0.5, 0.6) is 0 Å². The van der Waals surface area contributed by atoms with Crippen LogP contribution in [0.4, 0.5) is 11.4 Å². The van der Waals surface area contributed by atoms with Crippen LogP contribution in [0.2, 0.25) is 0 Å². The molecule has 0 spiro atoms. The third kappa shape index (κ3) is 2.17. The van der Waals surface area contributed by atoms with Crippen LogP contribution in [0.1, 0.15) is 22.8 Å². The lowest BCUT2D eigenvalue weighted by atomic mass is 10.1. The lowest BCUT2D eigenvalue weighted by Gasteiger charge is -2.28. The Morgan fingerprint density at radius 3 is 2.53 bits per heavy atom. The monoisotopic (exact) mass is 249 g/mol. The minimum absolute atomic E-state index is 0.102. The number of para-hydroxylation sites is 1. The first-order valence-corrected chi connectivity index (χ1v) is 6.40. The van der Waals surface area contributed by atoms with Gasteiger partial charge in [0.15, 0.2) is 5.78 Å². The topological polar surface area (TPSA) is 20.3 Å². The Labute approximate surface area is 113 Å². The lowest BCUT2D eigenvalue weighted by molar-refractivity contribution is 0.101. The minimum Gasteiger partial charge on any atom is -0.337 e.